The summed E-state index contributed by atoms with van der Waals surface area (Å²) in [6.45, 7) is 2.78. The van der Waals surface area contributed by atoms with Crippen molar-refractivity contribution >= 4 is 28.9 Å². The first-order valence-electron chi connectivity index (χ1n) is 6.10. The van der Waals surface area contributed by atoms with Crippen molar-refractivity contribution in [2.75, 3.05) is 11.9 Å². The molecule has 20 heavy (non-hydrogen) atoms. The number of ether oxygens (including phenoxy) is 1. The Morgan fingerprint density at radius 3 is 2.90 bits per heavy atom. The fourth-order valence-corrected chi connectivity index (χ4v) is 2.26. The van der Waals surface area contributed by atoms with Crippen LogP contribution < -0.4 is 10.1 Å². The van der Waals surface area contributed by atoms with E-state index in [4.69, 9.17) is 27.9 Å². The minimum atomic E-state index is 0.0189. The number of benzene rings is 1. The first-order chi connectivity index (χ1) is 9.61. The number of halogens is 2. The molecule has 0 atom stereocenters. The number of nitrogens with zero attached hydrogens (tertiary/aromatic N) is 1. The van der Waals surface area contributed by atoms with E-state index in [-0.39, 0.29) is 10.8 Å². The molecule has 1 aromatic carbocycles. The predicted octanol–water partition coefficient (Wildman–Crippen LogP) is 4.10. The molecule has 0 aliphatic heterocycles. The summed E-state index contributed by atoms with van der Waals surface area (Å²) >= 11 is 11.8. The van der Waals surface area contributed by atoms with E-state index in [0.29, 0.717) is 29.6 Å². The molecule has 0 bridgehead atoms. The SMILES string of the molecule is CCOc1ncccc1NCc1cc(Cl)cc(Cl)c1O. The second-order valence-corrected chi connectivity index (χ2v) is 4.88. The van der Waals surface area contributed by atoms with Gasteiger partial charge >= 0.3 is 0 Å². The molecule has 0 aliphatic carbocycles. The molecule has 0 saturated carbocycles. The highest BCUT2D eigenvalue weighted by Crippen LogP contribution is 2.32. The zero-order valence-corrected chi connectivity index (χ0v) is 12.4. The third-order valence-electron chi connectivity index (χ3n) is 2.63. The minimum absolute atomic E-state index is 0.0189. The number of phenolic OH excluding ortho intramolecular Hbond substituents is 1. The smallest absolute Gasteiger partial charge is 0.237 e. The van der Waals surface area contributed by atoms with Crippen molar-refractivity contribution in [3.05, 3.63) is 46.1 Å². The van der Waals surface area contributed by atoms with Gasteiger partial charge in [-0.15, -0.1) is 0 Å². The molecule has 4 nitrogen and oxygen atoms in total. The third kappa shape index (κ3) is 3.46. The van der Waals surface area contributed by atoms with Crippen molar-refractivity contribution in [1.29, 1.82) is 0 Å². The van der Waals surface area contributed by atoms with E-state index < -0.39 is 0 Å². The molecule has 0 aliphatic rings. The first kappa shape index (κ1) is 14.8. The van der Waals surface area contributed by atoms with Crippen molar-refractivity contribution < 1.29 is 9.84 Å². The Balaban J connectivity index is 2.17. The predicted molar refractivity (Wildman–Crippen MR) is 80.9 cm³/mol. The number of aromatic nitrogens is 1. The van der Waals surface area contributed by atoms with Gasteiger partial charge in [0.05, 0.1) is 17.3 Å². The zero-order chi connectivity index (χ0) is 14.5. The summed E-state index contributed by atoms with van der Waals surface area (Å²) in [5.41, 5.74) is 1.35. The van der Waals surface area contributed by atoms with Crippen LogP contribution in [-0.4, -0.2) is 16.7 Å². The second kappa shape index (κ2) is 6.68. The number of aromatic hydroxyl groups is 1. The van der Waals surface area contributed by atoms with Gasteiger partial charge in [-0.25, -0.2) is 4.98 Å². The quantitative estimate of drug-likeness (QED) is 0.872. The molecule has 106 valence electrons. The van der Waals surface area contributed by atoms with Crippen LogP contribution in [0, 0.1) is 0 Å². The standard InChI is InChI=1S/C14H14Cl2N2O2/c1-2-20-14-12(4-3-5-17-14)18-8-9-6-10(15)7-11(16)13(9)19/h3-7,18-19H,2,8H2,1H3. The average Bonchev–Trinajstić information content (AvgIpc) is 2.43. The van der Waals surface area contributed by atoms with Gasteiger partial charge in [-0.2, -0.15) is 0 Å². The van der Waals surface area contributed by atoms with Gasteiger partial charge in [-0.3, -0.25) is 0 Å². The van der Waals surface area contributed by atoms with Crippen LogP contribution in [-0.2, 0) is 6.54 Å². The number of hydrogen-bond acceptors (Lipinski definition) is 4. The van der Waals surface area contributed by atoms with Crippen LogP contribution in [0.1, 0.15) is 12.5 Å². The van der Waals surface area contributed by atoms with Gasteiger partial charge in [-0.05, 0) is 31.2 Å². The molecule has 0 unspecified atom stereocenters. The monoisotopic (exact) mass is 312 g/mol. The molecular formula is C14H14Cl2N2O2. The molecule has 1 aromatic heterocycles. The van der Waals surface area contributed by atoms with Crippen molar-refractivity contribution in [2.45, 2.75) is 13.5 Å². The summed E-state index contributed by atoms with van der Waals surface area (Å²) in [6, 6.07) is 6.81. The Morgan fingerprint density at radius 1 is 1.35 bits per heavy atom. The molecule has 0 amide bonds. The van der Waals surface area contributed by atoms with E-state index in [1.807, 2.05) is 13.0 Å². The van der Waals surface area contributed by atoms with Gasteiger partial charge in [0.1, 0.15) is 5.75 Å². The molecule has 0 radical (unpaired) electrons. The Morgan fingerprint density at radius 2 is 2.15 bits per heavy atom. The fraction of sp³-hybridized carbons (Fsp3) is 0.214. The van der Waals surface area contributed by atoms with Crippen molar-refractivity contribution in [3.63, 3.8) is 0 Å². The van der Waals surface area contributed by atoms with Crippen molar-refractivity contribution in [2.24, 2.45) is 0 Å². The number of rotatable bonds is 5. The molecule has 0 spiro atoms. The lowest BCUT2D eigenvalue weighted by atomic mass is 10.2. The fourth-order valence-electron chi connectivity index (χ4n) is 1.72. The van der Waals surface area contributed by atoms with Crippen molar-refractivity contribution in [3.8, 4) is 11.6 Å². The molecule has 1 heterocycles. The minimum Gasteiger partial charge on any atom is -0.506 e. The number of pyridine rings is 1. The van der Waals surface area contributed by atoms with E-state index in [0.717, 1.165) is 5.69 Å². The molecule has 2 rings (SSSR count). The Labute approximate surface area is 127 Å². The van der Waals surface area contributed by atoms with Crippen LogP contribution in [0.25, 0.3) is 0 Å². The maximum atomic E-state index is 9.90. The van der Waals surface area contributed by atoms with Gasteiger partial charge in [0.2, 0.25) is 5.88 Å². The van der Waals surface area contributed by atoms with Gasteiger partial charge in [0.25, 0.3) is 0 Å². The van der Waals surface area contributed by atoms with Crippen LogP contribution in [0.5, 0.6) is 11.6 Å². The molecule has 2 aromatic rings. The Bertz CT molecular complexity index is 606. The molecule has 2 N–H and O–H groups in total. The number of anilines is 1. The maximum absolute atomic E-state index is 9.90. The van der Waals surface area contributed by atoms with E-state index in [2.05, 4.69) is 10.3 Å². The second-order valence-electron chi connectivity index (χ2n) is 4.04. The van der Waals surface area contributed by atoms with Gasteiger partial charge in [0, 0.05) is 23.3 Å². The summed E-state index contributed by atoms with van der Waals surface area (Å²) in [7, 11) is 0. The van der Waals surface area contributed by atoms with Crippen LogP contribution >= 0.6 is 23.2 Å². The summed E-state index contributed by atoms with van der Waals surface area (Å²) in [5, 5.41) is 13.7. The highest BCUT2D eigenvalue weighted by Gasteiger charge is 2.09. The maximum Gasteiger partial charge on any atom is 0.237 e. The summed E-state index contributed by atoms with van der Waals surface area (Å²) in [6.07, 6.45) is 1.66. The average molecular weight is 313 g/mol. The highest BCUT2D eigenvalue weighted by molar-refractivity contribution is 6.35. The summed E-state index contributed by atoms with van der Waals surface area (Å²) < 4.78 is 5.41. The van der Waals surface area contributed by atoms with E-state index >= 15 is 0 Å². The number of nitrogens with one attached hydrogen (secondary N) is 1. The zero-order valence-electron chi connectivity index (χ0n) is 10.9. The Kier molecular flexibility index (Phi) is 4.93. The largest absolute Gasteiger partial charge is 0.506 e. The van der Waals surface area contributed by atoms with Gasteiger partial charge in [0.15, 0.2) is 0 Å². The van der Waals surface area contributed by atoms with Crippen molar-refractivity contribution in [1.82, 2.24) is 4.98 Å². The molecule has 0 fully saturated rings. The summed E-state index contributed by atoms with van der Waals surface area (Å²) in [4.78, 5) is 4.14. The number of phenols is 1. The van der Waals surface area contributed by atoms with E-state index in [1.165, 1.54) is 6.07 Å². The number of hydrogen-bond donors (Lipinski definition) is 2. The molecular weight excluding hydrogens is 299 g/mol. The summed E-state index contributed by atoms with van der Waals surface area (Å²) in [5.74, 6) is 0.535. The first-order valence-corrected chi connectivity index (χ1v) is 6.86. The lowest BCUT2D eigenvalue weighted by Crippen LogP contribution is -2.04. The lowest BCUT2D eigenvalue weighted by molar-refractivity contribution is 0.328. The Hall–Kier alpha value is -1.65. The molecule has 0 saturated heterocycles. The topological polar surface area (TPSA) is 54.4 Å². The van der Waals surface area contributed by atoms with Gasteiger partial charge in [-0.1, -0.05) is 23.2 Å². The van der Waals surface area contributed by atoms with E-state index in [1.54, 1.807) is 18.3 Å². The van der Waals surface area contributed by atoms with Crippen LogP contribution in [0.2, 0.25) is 10.0 Å². The molecule has 6 heteroatoms. The van der Waals surface area contributed by atoms with Crippen LogP contribution in [0.15, 0.2) is 30.5 Å². The normalized spacial score (nSPS) is 10.3. The highest BCUT2D eigenvalue weighted by atomic mass is 35.5. The third-order valence-corrected chi connectivity index (χ3v) is 3.13. The lowest BCUT2D eigenvalue weighted by Gasteiger charge is -2.12. The van der Waals surface area contributed by atoms with E-state index in [9.17, 15) is 5.11 Å². The van der Waals surface area contributed by atoms with Crippen LogP contribution in [0.4, 0.5) is 5.69 Å². The van der Waals surface area contributed by atoms with Crippen LogP contribution in [0.3, 0.4) is 0 Å². The van der Waals surface area contributed by atoms with Gasteiger partial charge < -0.3 is 15.2 Å².